The molecule has 0 unspecified atom stereocenters. The molecule has 0 bridgehead atoms. The number of anilines is 4. The molecule has 3 aromatic rings. The number of nitrogens with zero attached hydrogens (tertiary/aromatic N) is 3. The molecule has 1 aliphatic rings. The molecule has 1 amide bonds. The summed E-state index contributed by atoms with van der Waals surface area (Å²) in [5.41, 5.74) is 4.49. The smallest absolute Gasteiger partial charge is 0.266 e. The molecule has 0 spiro atoms. The summed E-state index contributed by atoms with van der Waals surface area (Å²) < 4.78 is 5.47. The topological polar surface area (TPSA) is 36.0 Å². The van der Waals surface area contributed by atoms with Gasteiger partial charge in [0.25, 0.3) is 5.91 Å². The molecule has 0 aliphatic carbocycles. The van der Waals surface area contributed by atoms with E-state index in [4.69, 9.17) is 4.74 Å². The van der Waals surface area contributed by atoms with Crippen LogP contribution in [0.4, 0.5) is 22.7 Å². The van der Waals surface area contributed by atoms with E-state index in [2.05, 4.69) is 21.9 Å². The third-order valence-electron chi connectivity index (χ3n) is 5.16. The molecule has 3 aromatic carbocycles. The lowest BCUT2D eigenvalue weighted by molar-refractivity contribution is 0.0995. The van der Waals surface area contributed by atoms with E-state index >= 15 is 0 Å². The van der Waals surface area contributed by atoms with Crippen molar-refractivity contribution in [3.8, 4) is 5.75 Å². The number of methoxy groups -OCH3 is 1. The van der Waals surface area contributed by atoms with Crippen LogP contribution < -0.4 is 19.4 Å². The molecule has 0 N–H and O–H groups in total. The van der Waals surface area contributed by atoms with Crippen molar-refractivity contribution in [2.75, 3.05) is 50.0 Å². The molecule has 1 heterocycles. The van der Waals surface area contributed by atoms with Gasteiger partial charge in [-0.3, -0.25) is 9.69 Å². The summed E-state index contributed by atoms with van der Waals surface area (Å²) in [5, 5.41) is 0. The van der Waals surface area contributed by atoms with Gasteiger partial charge >= 0.3 is 0 Å². The standard InChI is InChI=1S/C24H25N3O2S/c1-25(2)16-10-12-19-22(14-16)30-23-15-17(26(3)4)11-13-20(23)27(19)24(28)18-8-6-7-9-21(18)29-5/h6-15H,1-5H3. The van der Waals surface area contributed by atoms with E-state index in [0.29, 0.717) is 11.3 Å². The zero-order chi connectivity index (χ0) is 21.4. The molecule has 0 saturated carbocycles. The zero-order valence-electron chi connectivity index (χ0n) is 17.8. The first-order chi connectivity index (χ1) is 14.4. The minimum atomic E-state index is -0.106. The Morgan fingerprint density at radius 2 is 1.37 bits per heavy atom. The van der Waals surface area contributed by atoms with Gasteiger partial charge in [0.2, 0.25) is 0 Å². The van der Waals surface area contributed by atoms with Crippen LogP contribution in [0.1, 0.15) is 10.4 Å². The molecule has 0 atom stereocenters. The van der Waals surface area contributed by atoms with Gasteiger partial charge in [-0.15, -0.1) is 0 Å². The van der Waals surface area contributed by atoms with Crippen LogP contribution in [0, 0.1) is 0 Å². The molecule has 6 heteroatoms. The summed E-state index contributed by atoms with van der Waals surface area (Å²) in [7, 11) is 9.67. The Kier molecular flexibility index (Phi) is 5.35. The number of carbonyl (C=O) groups excluding carboxylic acids is 1. The molecule has 0 saturated heterocycles. The number of hydrogen-bond acceptors (Lipinski definition) is 5. The first-order valence-corrected chi connectivity index (χ1v) is 10.5. The minimum absolute atomic E-state index is 0.106. The highest BCUT2D eigenvalue weighted by Crippen LogP contribution is 2.50. The van der Waals surface area contributed by atoms with Gasteiger partial charge in [0, 0.05) is 49.4 Å². The van der Waals surface area contributed by atoms with Crippen LogP contribution in [-0.4, -0.2) is 41.2 Å². The van der Waals surface area contributed by atoms with E-state index in [1.165, 1.54) is 0 Å². The Morgan fingerprint density at radius 3 is 1.87 bits per heavy atom. The van der Waals surface area contributed by atoms with Crippen molar-refractivity contribution in [1.29, 1.82) is 0 Å². The van der Waals surface area contributed by atoms with Crippen molar-refractivity contribution in [1.82, 2.24) is 0 Å². The average Bonchev–Trinajstić information content (AvgIpc) is 2.75. The Balaban J connectivity index is 1.90. The number of para-hydroxylation sites is 1. The largest absolute Gasteiger partial charge is 0.496 e. The Labute approximate surface area is 181 Å². The normalized spacial score (nSPS) is 12.1. The van der Waals surface area contributed by atoms with Crippen LogP contribution in [0.15, 0.2) is 70.5 Å². The van der Waals surface area contributed by atoms with Gasteiger partial charge < -0.3 is 14.5 Å². The number of ether oxygens (including phenoxy) is 1. The predicted molar refractivity (Wildman–Crippen MR) is 125 cm³/mol. The van der Waals surface area contributed by atoms with E-state index < -0.39 is 0 Å². The molecule has 30 heavy (non-hydrogen) atoms. The van der Waals surface area contributed by atoms with Crippen LogP contribution in [0.25, 0.3) is 0 Å². The lowest BCUT2D eigenvalue weighted by Crippen LogP contribution is -2.29. The van der Waals surface area contributed by atoms with Crippen LogP contribution in [0.2, 0.25) is 0 Å². The van der Waals surface area contributed by atoms with Crippen LogP contribution in [-0.2, 0) is 0 Å². The molecule has 1 aliphatic heterocycles. The lowest BCUT2D eigenvalue weighted by atomic mass is 10.1. The van der Waals surface area contributed by atoms with Crippen molar-refractivity contribution in [3.63, 3.8) is 0 Å². The first-order valence-electron chi connectivity index (χ1n) is 9.69. The molecule has 5 nitrogen and oxygen atoms in total. The zero-order valence-corrected chi connectivity index (χ0v) is 18.7. The number of rotatable bonds is 4. The average molecular weight is 420 g/mol. The maximum Gasteiger partial charge on any atom is 0.266 e. The minimum Gasteiger partial charge on any atom is -0.496 e. The fourth-order valence-corrected chi connectivity index (χ4v) is 4.63. The van der Waals surface area contributed by atoms with E-state index in [0.717, 1.165) is 32.5 Å². The Bertz CT molecular complexity index is 1050. The second-order valence-corrected chi connectivity index (χ2v) is 8.62. The van der Waals surface area contributed by atoms with Gasteiger partial charge in [0.1, 0.15) is 5.75 Å². The van der Waals surface area contributed by atoms with Gasteiger partial charge in [0.15, 0.2) is 0 Å². The quantitative estimate of drug-likeness (QED) is 0.576. The maximum absolute atomic E-state index is 13.8. The van der Waals surface area contributed by atoms with E-state index in [1.54, 1.807) is 23.8 Å². The molecular weight excluding hydrogens is 394 g/mol. The Morgan fingerprint density at radius 1 is 0.833 bits per heavy atom. The monoisotopic (exact) mass is 419 g/mol. The van der Waals surface area contributed by atoms with Crippen molar-refractivity contribution in [2.24, 2.45) is 0 Å². The van der Waals surface area contributed by atoms with Crippen LogP contribution >= 0.6 is 11.8 Å². The van der Waals surface area contributed by atoms with Gasteiger partial charge in [0.05, 0.1) is 24.0 Å². The second kappa shape index (κ2) is 7.95. The summed E-state index contributed by atoms with van der Waals surface area (Å²) in [6, 6.07) is 19.8. The fraction of sp³-hybridized carbons (Fsp3) is 0.208. The highest BCUT2D eigenvalue weighted by molar-refractivity contribution is 7.99. The van der Waals surface area contributed by atoms with Crippen molar-refractivity contribution < 1.29 is 9.53 Å². The first kappa shape index (κ1) is 20.2. The lowest BCUT2D eigenvalue weighted by Gasteiger charge is -2.33. The number of carbonyl (C=O) groups is 1. The van der Waals surface area contributed by atoms with E-state index in [9.17, 15) is 4.79 Å². The highest BCUT2D eigenvalue weighted by atomic mass is 32.2. The van der Waals surface area contributed by atoms with E-state index in [1.807, 2.05) is 76.7 Å². The van der Waals surface area contributed by atoms with Gasteiger partial charge in [-0.1, -0.05) is 23.9 Å². The summed E-state index contributed by atoms with van der Waals surface area (Å²) in [4.78, 5) is 21.8. The van der Waals surface area contributed by atoms with Gasteiger partial charge in [-0.05, 0) is 48.5 Å². The molecule has 0 fully saturated rings. The summed E-state index contributed by atoms with van der Waals surface area (Å²) in [6.45, 7) is 0. The maximum atomic E-state index is 13.8. The second-order valence-electron chi connectivity index (χ2n) is 7.54. The molecule has 0 radical (unpaired) electrons. The summed E-state index contributed by atoms with van der Waals surface area (Å²) in [6.07, 6.45) is 0. The van der Waals surface area contributed by atoms with Crippen molar-refractivity contribution >= 4 is 40.4 Å². The number of benzene rings is 3. The summed E-state index contributed by atoms with van der Waals surface area (Å²) >= 11 is 1.69. The number of fused-ring (bicyclic) bond motifs is 2. The highest BCUT2D eigenvalue weighted by Gasteiger charge is 2.31. The molecular formula is C24H25N3O2S. The van der Waals surface area contributed by atoms with Crippen LogP contribution in [0.5, 0.6) is 5.75 Å². The van der Waals surface area contributed by atoms with Gasteiger partial charge in [-0.2, -0.15) is 0 Å². The third kappa shape index (κ3) is 3.48. The van der Waals surface area contributed by atoms with Crippen molar-refractivity contribution in [2.45, 2.75) is 9.79 Å². The van der Waals surface area contributed by atoms with Crippen molar-refractivity contribution in [3.05, 3.63) is 66.2 Å². The van der Waals surface area contributed by atoms with E-state index in [-0.39, 0.29) is 5.91 Å². The molecule has 154 valence electrons. The Hall–Kier alpha value is -3.12. The fourth-order valence-electron chi connectivity index (χ4n) is 3.50. The molecule has 0 aromatic heterocycles. The SMILES string of the molecule is COc1ccccc1C(=O)N1c2ccc(N(C)C)cc2Sc2cc(N(C)C)ccc21. The third-order valence-corrected chi connectivity index (χ3v) is 6.26. The number of amides is 1. The summed E-state index contributed by atoms with van der Waals surface area (Å²) in [5.74, 6) is 0.462. The number of hydrogen-bond donors (Lipinski definition) is 0. The predicted octanol–water partition coefficient (Wildman–Crippen LogP) is 5.27. The van der Waals surface area contributed by atoms with Crippen LogP contribution in [0.3, 0.4) is 0 Å². The van der Waals surface area contributed by atoms with Gasteiger partial charge in [-0.25, -0.2) is 0 Å². The molecule has 4 rings (SSSR count).